The van der Waals surface area contributed by atoms with Gasteiger partial charge in [0.05, 0.1) is 5.92 Å². The summed E-state index contributed by atoms with van der Waals surface area (Å²) in [6, 6.07) is 11.9. The van der Waals surface area contributed by atoms with Gasteiger partial charge in [-0.25, -0.2) is 8.42 Å². The standard InChI is InChI=1S/C20H21ClN4O4S/c21-16-5-3-14(4-6-16)12-22-20(26)15-2-1-11-25(13-15)30(27,28)19-8-7-18(29-19)17-9-10-23-24-17/h3-10,15H,1-2,11-13H2,(H,22,26)(H,23,24)/t15-/m0/s1. The molecule has 4 rings (SSSR count). The summed E-state index contributed by atoms with van der Waals surface area (Å²) in [5, 5.41) is 9.95. The number of amides is 1. The molecule has 1 aliphatic heterocycles. The first kappa shape index (κ1) is 20.6. The second-order valence-electron chi connectivity index (χ2n) is 7.14. The summed E-state index contributed by atoms with van der Waals surface area (Å²) in [7, 11) is -3.83. The van der Waals surface area contributed by atoms with Crippen molar-refractivity contribution in [3.8, 4) is 11.5 Å². The molecule has 0 bridgehead atoms. The van der Waals surface area contributed by atoms with Crippen LogP contribution in [0.25, 0.3) is 11.5 Å². The van der Waals surface area contributed by atoms with Crippen LogP contribution in [0.2, 0.25) is 5.02 Å². The summed E-state index contributed by atoms with van der Waals surface area (Å²) >= 11 is 5.87. The minimum atomic E-state index is -3.83. The molecule has 0 unspecified atom stereocenters. The largest absolute Gasteiger partial charge is 0.442 e. The monoisotopic (exact) mass is 448 g/mol. The van der Waals surface area contributed by atoms with Crippen LogP contribution in [0.5, 0.6) is 0 Å². The van der Waals surface area contributed by atoms with Crippen molar-refractivity contribution >= 4 is 27.5 Å². The first-order valence-corrected chi connectivity index (χ1v) is 11.4. The fourth-order valence-electron chi connectivity index (χ4n) is 3.43. The number of aromatic nitrogens is 2. The quantitative estimate of drug-likeness (QED) is 0.602. The maximum Gasteiger partial charge on any atom is 0.276 e. The topological polar surface area (TPSA) is 108 Å². The van der Waals surface area contributed by atoms with Crippen LogP contribution < -0.4 is 5.32 Å². The number of nitrogens with zero attached hydrogens (tertiary/aromatic N) is 2. The van der Waals surface area contributed by atoms with Gasteiger partial charge in [0.2, 0.25) is 11.0 Å². The molecule has 10 heteroatoms. The summed E-state index contributed by atoms with van der Waals surface area (Å²) in [6.45, 7) is 0.837. The van der Waals surface area contributed by atoms with E-state index in [9.17, 15) is 13.2 Å². The average Bonchev–Trinajstić information content (AvgIpc) is 3.45. The molecule has 0 aliphatic carbocycles. The molecule has 158 valence electrons. The smallest absolute Gasteiger partial charge is 0.276 e. The normalized spacial score (nSPS) is 17.7. The van der Waals surface area contributed by atoms with Crippen molar-refractivity contribution in [1.82, 2.24) is 19.8 Å². The number of piperidine rings is 1. The van der Waals surface area contributed by atoms with Crippen LogP contribution in [0.15, 0.2) is 58.2 Å². The minimum absolute atomic E-state index is 0.120. The van der Waals surface area contributed by atoms with Crippen molar-refractivity contribution in [2.45, 2.75) is 24.5 Å². The molecule has 1 atom stereocenters. The Morgan fingerprint density at radius 1 is 1.23 bits per heavy atom. The lowest BCUT2D eigenvalue weighted by molar-refractivity contribution is -0.126. The first-order valence-electron chi connectivity index (χ1n) is 9.55. The van der Waals surface area contributed by atoms with Crippen LogP contribution in [0, 0.1) is 5.92 Å². The van der Waals surface area contributed by atoms with Crippen LogP contribution in [0.4, 0.5) is 0 Å². The molecule has 2 N–H and O–H groups in total. The van der Waals surface area contributed by atoms with Gasteiger partial charge >= 0.3 is 0 Å². The van der Waals surface area contributed by atoms with E-state index < -0.39 is 15.9 Å². The number of benzene rings is 1. The Bertz CT molecular complexity index is 1110. The lowest BCUT2D eigenvalue weighted by atomic mass is 9.99. The highest BCUT2D eigenvalue weighted by Gasteiger charge is 2.35. The molecular weight excluding hydrogens is 428 g/mol. The van der Waals surface area contributed by atoms with Gasteiger partial charge in [-0.05, 0) is 48.7 Å². The first-order chi connectivity index (χ1) is 14.4. The highest BCUT2D eigenvalue weighted by atomic mass is 35.5. The molecule has 1 aliphatic rings. The van der Waals surface area contributed by atoms with Crippen molar-refractivity contribution in [2.24, 2.45) is 5.92 Å². The maximum absolute atomic E-state index is 13.0. The van der Waals surface area contributed by atoms with Crippen LogP contribution in [-0.4, -0.2) is 41.9 Å². The van der Waals surface area contributed by atoms with E-state index in [-0.39, 0.29) is 17.5 Å². The highest BCUT2D eigenvalue weighted by Crippen LogP contribution is 2.28. The van der Waals surface area contributed by atoms with E-state index in [4.69, 9.17) is 16.0 Å². The van der Waals surface area contributed by atoms with Crippen molar-refractivity contribution in [3.05, 3.63) is 59.2 Å². The summed E-state index contributed by atoms with van der Waals surface area (Å²) < 4.78 is 32.9. The third kappa shape index (κ3) is 4.43. The Kier molecular flexibility index (Phi) is 5.94. The van der Waals surface area contributed by atoms with Crippen molar-refractivity contribution in [2.75, 3.05) is 13.1 Å². The Balaban J connectivity index is 1.41. The SMILES string of the molecule is O=C(NCc1ccc(Cl)cc1)[C@H]1CCCN(S(=O)(=O)c2ccc(-c3ccn[nH]3)o2)C1. The minimum Gasteiger partial charge on any atom is -0.442 e. The maximum atomic E-state index is 13.0. The molecule has 30 heavy (non-hydrogen) atoms. The molecule has 0 saturated carbocycles. The summed E-state index contributed by atoms with van der Waals surface area (Å²) in [5.74, 6) is -0.189. The van der Waals surface area contributed by atoms with Gasteiger partial charge in [0.25, 0.3) is 10.0 Å². The number of aromatic amines is 1. The van der Waals surface area contributed by atoms with Crippen LogP contribution in [-0.2, 0) is 21.4 Å². The third-order valence-corrected chi connectivity index (χ3v) is 7.07. The number of halogens is 1. The predicted octanol–water partition coefficient (Wildman–Crippen LogP) is 3.04. The zero-order chi connectivity index (χ0) is 21.1. The van der Waals surface area contributed by atoms with Gasteiger partial charge in [0.1, 0.15) is 5.69 Å². The zero-order valence-corrected chi connectivity index (χ0v) is 17.6. The molecule has 1 amide bonds. The van der Waals surface area contributed by atoms with E-state index >= 15 is 0 Å². The molecule has 8 nitrogen and oxygen atoms in total. The number of nitrogens with one attached hydrogen (secondary N) is 2. The highest BCUT2D eigenvalue weighted by molar-refractivity contribution is 7.89. The molecule has 2 aromatic heterocycles. The van der Waals surface area contributed by atoms with E-state index in [0.29, 0.717) is 42.4 Å². The zero-order valence-electron chi connectivity index (χ0n) is 16.0. The lowest BCUT2D eigenvalue weighted by Gasteiger charge is -2.30. The molecular formula is C20H21ClN4O4S. The number of hydrogen-bond acceptors (Lipinski definition) is 5. The molecule has 0 spiro atoms. The Morgan fingerprint density at radius 2 is 2.03 bits per heavy atom. The third-order valence-electron chi connectivity index (χ3n) is 5.08. The van der Waals surface area contributed by atoms with Gasteiger partial charge in [-0.15, -0.1) is 0 Å². The van der Waals surface area contributed by atoms with Crippen LogP contribution in [0.1, 0.15) is 18.4 Å². The second-order valence-corrected chi connectivity index (χ2v) is 9.44. The van der Waals surface area contributed by atoms with Crippen LogP contribution in [0.3, 0.4) is 0 Å². The van der Waals surface area contributed by atoms with E-state index in [2.05, 4.69) is 15.5 Å². The fourth-order valence-corrected chi connectivity index (χ4v) is 5.00. The van der Waals surface area contributed by atoms with Gasteiger partial charge in [-0.1, -0.05) is 23.7 Å². The number of H-pyrrole nitrogens is 1. The predicted molar refractivity (Wildman–Crippen MR) is 111 cm³/mol. The second kappa shape index (κ2) is 8.63. The number of hydrogen-bond donors (Lipinski definition) is 2. The van der Waals surface area contributed by atoms with Gasteiger partial charge in [0, 0.05) is 30.9 Å². The van der Waals surface area contributed by atoms with Crippen molar-refractivity contribution in [3.63, 3.8) is 0 Å². The van der Waals surface area contributed by atoms with E-state index in [1.165, 1.54) is 10.4 Å². The van der Waals surface area contributed by atoms with E-state index in [1.807, 2.05) is 12.1 Å². The van der Waals surface area contributed by atoms with Crippen molar-refractivity contribution < 1.29 is 17.6 Å². The van der Waals surface area contributed by atoms with Crippen molar-refractivity contribution in [1.29, 1.82) is 0 Å². The number of rotatable bonds is 6. The molecule has 3 aromatic rings. The van der Waals surface area contributed by atoms with Gasteiger partial charge in [-0.3, -0.25) is 9.89 Å². The van der Waals surface area contributed by atoms with Crippen LogP contribution >= 0.6 is 11.6 Å². The number of carbonyl (C=O) groups is 1. The number of furan rings is 1. The average molecular weight is 449 g/mol. The van der Waals surface area contributed by atoms with E-state index in [0.717, 1.165) is 5.56 Å². The summed E-state index contributed by atoms with van der Waals surface area (Å²) in [5.41, 5.74) is 1.52. The number of carbonyl (C=O) groups excluding carboxylic acids is 1. The number of sulfonamides is 1. The van der Waals surface area contributed by atoms with Gasteiger partial charge in [0.15, 0.2) is 5.76 Å². The Hall–Kier alpha value is -2.62. The Labute approximate surface area is 179 Å². The van der Waals surface area contributed by atoms with E-state index in [1.54, 1.807) is 30.5 Å². The Morgan fingerprint density at radius 3 is 2.77 bits per heavy atom. The molecule has 0 radical (unpaired) electrons. The lowest BCUT2D eigenvalue weighted by Crippen LogP contribution is -2.45. The summed E-state index contributed by atoms with van der Waals surface area (Å²) in [4.78, 5) is 12.6. The molecule has 3 heterocycles. The molecule has 1 fully saturated rings. The molecule has 1 aromatic carbocycles. The fraction of sp³-hybridized carbons (Fsp3) is 0.300. The van der Waals surface area contributed by atoms with Gasteiger partial charge < -0.3 is 9.73 Å². The van der Waals surface area contributed by atoms with Gasteiger partial charge in [-0.2, -0.15) is 9.40 Å². The molecule has 1 saturated heterocycles. The summed E-state index contributed by atoms with van der Waals surface area (Å²) in [6.07, 6.45) is 2.80.